The molecule has 1 amide bonds. The third-order valence-electron chi connectivity index (χ3n) is 6.26. The van der Waals surface area contributed by atoms with E-state index in [4.69, 9.17) is 9.47 Å². The maximum absolute atomic E-state index is 13.5. The molecule has 0 bridgehead atoms. The van der Waals surface area contributed by atoms with Crippen LogP contribution in [0.15, 0.2) is 88.8 Å². The van der Waals surface area contributed by atoms with Crippen molar-refractivity contribution in [3.8, 4) is 11.5 Å². The van der Waals surface area contributed by atoms with Crippen LogP contribution in [-0.4, -0.2) is 40.7 Å². The fourth-order valence-corrected chi connectivity index (χ4v) is 6.14. The van der Waals surface area contributed by atoms with Crippen molar-refractivity contribution in [1.82, 2.24) is 10.2 Å². The summed E-state index contributed by atoms with van der Waals surface area (Å²) in [5, 5.41) is 20.2. The number of ether oxygens (including phenoxy) is 2. The maximum atomic E-state index is 13.5. The molecule has 0 radical (unpaired) electrons. The molecular weight excluding hydrogens is 546 g/mol. The minimum absolute atomic E-state index is 0.0310. The van der Waals surface area contributed by atoms with Crippen molar-refractivity contribution in [3.05, 3.63) is 101 Å². The largest absolute Gasteiger partial charge is 0.507 e. The first-order valence-electron chi connectivity index (χ1n) is 12.7. The van der Waals surface area contributed by atoms with Crippen LogP contribution < -0.4 is 14.4 Å². The van der Waals surface area contributed by atoms with Crippen LogP contribution in [0.3, 0.4) is 0 Å². The molecule has 3 aromatic carbocycles. The minimum atomic E-state index is -0.924. The summed E-state index contributed by atoms with van der Waals surface area (Å²) in [6.07, 6.45) is 0.828. The number of ketones is 1. The number of aromatic nitrogens is 2. The van der Waals surface area contributed by atoms with Gasteiger partial charge in [0.05, 0.1) is 25.3 Å². The van der Waals surface area contributed by atoms with Gasteiger partial charge in [-0.05, 0) is 53.9 Å². The van der Waals surface area contributed by atoms with Gasteiger partial charge in [-0.2, -0.15) is 0 Å². The number of rotatable bonds is 10. The first-order valence-corrected chi connectivity index (χ1v) is 14.5. The molecule has 2 heterocycles. The second-order valence-corrected chi connectivity index (χ2v) is 11.1. The van der Waals surface area contributed by atoms with Gasteiger partial charge in [0.1, 0.15) is 17.3 Å². The highest BCUT2D eigenvalue weighted by Gasteiger charge is 2.48. The van der Waals surface area contributed by atoms with E-state index >= 15 is 0 Å². The molecule has 8 nitrogen and oxygen atoms in total. The number of aliphatic hydroxyl groups is 1. The van der Waals surface area contributed by atoms with Gasteiger partial charge in [-0.1, -0.05) is 72.5 Å². The lowest BCUT2D eigenvalue weighted by Gasteiger charge is -2.23. The quantitative estimate of drug-likeness (QED) is 0.0781. The number of benzene rings is 3. The van der Waals surface area contributed by atoms with Crippen molar-refractivity contribution in [3.63, 3.8) is 0 Å². The van der Waals surface area contributed by atoms with Gasteiger partial charge in [-0.15, -0.1) is 10.2 Å². The lowest BCUT2D eigenvalue weighted by Crippen LogP contribution is -2.29. The van der Waals surface area contributed by atoms with E-state index in [1.165, 1.54) is 28.0 Å². The van der Waals surface area contributed by atoms with Crippen LogP contribution in [0.2, 0.25) is 0 Å². The molecule has 204 valence electrons. The summed E-state index contributed by atoms with van der Waals surface area (Å²) < 4.78 is 11.7. The average Bonchev–Trinajstić information content (AvgIpc) is 3.57. The summed E-state index contributed by atoms with van der Waals surface area (Å²) in [6, 6.07) is 22.9. The Morgan fingerprint density at radius 3 is 2.50 bits per heavy atom. The molecule has 1 N–H and O–H groups in total. The Morgan fingerprint density at radius 1 is 1.00 bits per heavy atom. The fourth-order valence-electron chi connectivity index (χ4n) is 4.32. The van der Waals surface area contributed by atoms with Crippen LogP contribution >= 0.6 is 23.1 Å². The molecule has 1 saturated heterocycles. The predicted molar refractivity (Wildman–Crippen MR) is 156 cm³/mol. The first-order chi connectivity index (χ1) is 19.5. The van der Waals surface area contributed by atoms with Gasteiger partial charge in [0.2, 0.25) is 5.13 Å². The third-order valence-corrected chi connectivity index (χ3v) is 8.39. The van der Waals surface area contributed by atoms with Crippen LogP contribution in [0.1, 0.15) is 36.1 Å². The zero-order chi connectivity index (χ0) is 28.1. The van der Waals surface area contributed by atoms with Crippen molar-refractivity contribution in [2.75, 3.05) is 18.6 Å². The van der Waals surface area contributed by atoms with Gasteiger partial charge >= 0.3 is 5.91 Å². The molecule has 10 heteroatoms. The number of hydrogen-bond acceptors (Lipinski definition) is 9. The Kier molecular flexibility index (Phi) is 8.47. The highest BCUT2D eigenvalue weighted by molar-refractivity contribution is 8.00. The molecular formula is C30H27N3O5S2. The molecule has 1 fully saturated rings. The monoisotopic (exact) mass is 573 g/mol. The van der Waals surface area contributed by atoms with E-state index < -0.39 is 17.7 Å². The Balaban J connectivity index is 1.55. The van der Waals surface area contributed by atoms with Crippen LogP contribution in [0.4, 0.5) is 5.13 Å². The number of amides is 1. The summed E-state index contributed by atoms with van der Waals surface area (Å²) in [7, 11) is 1.54. The SMILES string of the molecule is CCCOc1cccc(C2C(=C(O)c3ccc(OC)cc3)C(=O)C(=O)N2c2nnc(SCc3ccccc3)s2)c1. The summed E-state index contributed by atoms with van der Waals surface area (Å²) >= 11 is 2.73. The Hall–Kier alpha value is -4.15. The number of hydrogen-bond donors (Lipinski definition) is 1. The summed E-state index contributed by atoms with van der Waals surface area (Å²) in [6.45, 7) is 2.53. The van der Waals surface area contributed by atoms with Crippen LogP contribution in [0.25, 0.3) is 5.76 Å². The van der Waals surface area contributed by atoms with Gasteiger partial charge in [-0.25, -0.2) is 0 Å². The first kappa shape index (κ1) is 27.4. The topological polar surface area (TPSA) is 102 Å². The molecule has 1 aliphatic heterocycles. The van der Waals surface area contributed by atoms with Crippen molar-refractivity contribution in [1.29, 1.82) is 0 Å². The molecule has 4 aromatic rings. The number of thioether (sulfide) groups is 1. The Bertz CT molecular complexity index is 1540. The van der Waals surface area contributed by atoms with Gasteiger partial charge in [0.25, 0.3) is 5.78 Å². The highest BCUT2D eigenvalue weighted by atomic mass is 32.2. The number of carbonyl (C=O) groups is 2. The number of aliphatic hydroxyl groups excluding tert-OH is 1. The molecule has 1 aromatic heterocycles. The van der Waals surface area contributed by atoms with Gasteiger partial charge in [0, 0.05) is 11.3 Å². The Labute approximate surface area is 240 Å². The molecule has 40 heavy (non-hydrogen) atoms. The van der Waals surface area contributed by atoms with Crippen molar-refractivity contribution >= 4 is 45.7 Å². The number of nitrogens with zero attached hydrogens (tertiary/aromatic N) is 3. The molecule has 1 atom stereocenters. The standard InChI is InChI=1S/C30H27N3O5S2/c1-3-16-38-23-11-7-10-21(17-23)25-24(26(34)20-12-14-22(37-2)15-13-20)27(35)28(36)33(25)29-31-32-30(40-29)39-18-19-8-5-4-6-9-19/h4-15,17,25,34H,3,16,18H2,1-2H3. The van der Waals surface area contributed by atoms with E-state index in [2.05, 4.69) is 10.2 Å². The zero-order valence-corrected chi connectivity index (χ0v) is 23.6. The zero-order valence-electron chi connectivity index (χ0n) is 21.9. The molecule has 0 saturated carbocycles. The third kappa shape index (κ3) is 5.73. The van der Waals surface area contributed by atoms with Crippen molar-refractivity contribution in [2.24, 2.45) is 0 Å². The van der Waals surface area contributed by atoms with Gasteiger partial charge < -0.3 is 14.6 Å². The summed E-state index contributed by atoms with van der Waals surface area (Å²) in [5.74, 6) is 0.0278. The molecule has 1 aliphatic rings. The molecule has 0 spiro atoms. The van der Waals surface area contributed by atoms with E-state index in [-0.39, 0.29) is 16.5 Å². The van der Waals surface area contributed by atoms with Crippen LogP contribution in [0.5, 0.6) is 11.5 Å². The smallest absolute Gasteiger partial charge is 0.301 e. The number of carbonyl (C=O) groups excluding carboxylic acids is 2. The lowest BCUT2D eigenvalue weighted by molar-refractivity contribution is -0.132. The van der Waals surface area contributed by atoms with Crippen molar-refractivity contribution in [2.45, 2.75) is 29.5 Å². The Morgan fingerprint density at radius 2 is 1.77 bits per heavy atom. The van der Waals surface area contributed by atoms with Gasteiger partial charge in [-0.3, -0.25) is 14.5 Å². The van der Waals surface area contributed by atoms with Gasteiger partial charge in [0.15, 0.2) is 4.34 Å². The van der Waals surface area contributed by atoms with E-state index in [0.29, 0.717) is 39.3 Å². The van der Waals surface area contributed by atoms with Crippen LogP contribution in [-0.2, 0) is 15.3 Å². The van der Waals surface area contributed by atoms with E-state index in [1.54, 1.807) is 49.6 Å². The highest BCUT2D eigenvalue weighted by Crippen LogP contribution is 2.44. The van der Waals surface area contributed by atoms with E-state index in [1.807, 2.05) is 43.3 Å². The average molecular weight is 574 g/mol. The summed E-state index contributed by atoms with van der Waals surface area (Å²) in [5.41, 5.74) is 2.10. The minimum Gasteiger partial charge on any atom is -0.507 e. The van der Waals surface area contributed by atoms with E-state index in [0.717, 1.165) is 12.0 Å². The van der Waals surface area contributed by atoms with E-state index in [9.17, 15) is 14.7 Å². The lowest BCUT2D eigenvalue weighted by atomic mass is 9.95. The summed E-state index contributed by atoms with van der Waals surface area (Å²) in [4.78, 5) is 28.3. The second kappa shape index (κ2) is 12.4. The molecule has 1 unspecified atom stereocenters. The van der Waals surface area contributed by atoms with Crippen LogP contribution in [0, 0.1) is 0 Å². The number of methoxy groups -OCH3 is 1. The molecule has 5 rings (SSSR count). The van der Waals surface area contributed by atoms with Crippen molar-refractivity contribution < 1.29 is 24.2 Å². The molecule has 0 aliphatic carbocycles. The number of anilines is 1. The normalized spacial score (nSPS) is 16.4. The predicted octanol–water partition coefficient (Wildman–Crippen LogP) is 6.25. The second-order valence-electron chi connectivity index (χ2n) is 8.94. The fraction of sp³-hybridized carbons (Fsp3) is 0.200. The maximum Gasteiger partial charge on any atom is 0.301 e. The number of Topliss-reactive ketones (excluding diaryl/α,β-unsaturated/α-hetero) is 1.